The number of carbonyl (C=O) groups is 2. The van der Waals surface area contributed by atoms with Gasteiger partial charge in [-0.2, -0.15) is 0 Å². The zero-order chi connectivity index (χ0) is 19.3. The quantitative estimate of drug-likeness (QED) is 0.517. The van der Waals surface area contributed by atoms with E-state index in [4.69, 9.17) is 9.47 Å². The van der Waals surface area contributed by atoms with Crippen molar-refractivity contribution in [3.8, 4) is 11.5 Å². The number of carbonyl (C=O) groups excluding carboxylic acids is 2. The molecule has 2 atom stereocenters. The first kappa shape index (κ1) is 19.8. The molecule has 2 N–H and O–H groups in total. The number of urea groups is 1. The second-order valence-corrected chi connectivity index (χ2v) is 6.47. The number of nitrogens with zero attached hydrogens (tertiary/aromatic N) is 1. The summed E-state index contributed by atoms with van der Waals surface area (Å²) in [6, 6.07) is 4.99. The predicted octanol–water partition coefficient (Wildman–Crippen LogP) is 1.88. The summed E-state index contributed by atoms with van der Waals surface area (Å²) >= 11 is 0. The molecule has 142 valence electrons. The second-order valence-electron chi connectivity index (χ2n) is 6.47. The van der Waals surface area contributed by atoms with E-state index in [1.807, 2.05) is 19.1 Å². The second kappa shape index (κ2) is 8.23. The maximum absolute atomic E-state index is 12.3. The molecule has 2 rings (SSSR count). The summed E-state index contributed by atoms with van der Waals surface area (Å²) < 4.78 is 10.9. The number of aliphatic hydroxyl groups is 1. The monoisotopic (exact) mass is 362 g/mol. The number of imide groups is 1. The summed E-state index contributed by atoms with van der Waals surface area (Å²) in [5.41, 5.74) is 0.116. The van der Waals surface area contributed by atoms with E-state index in [0.29, 0.717) is 24.3 Å². The van der Waals surface area contributed by atoms with Crippen LogP contribution in [-0.4, -0.2) is 53.8 Å². The molecular weight excluding hydrogens is 336 g/mol. The highest BCUT2D eigenvalue weighted by Crippen LogP contribution is 2.28. The first-order valence-corrected chi connectivity index (χ1v) is 8.57. The van der Waals surface area contributed by atoms with Crippen LogP contribution in [0.1, 0.15) is 25.8 Å². The number of methoxy groups -OCH3 is 1. The van der Waals surface area contributed by atoms with E-state index in [2.05, 4.69) is 11.9 Å². The van der Waals surface area contributed by atoms with Crippen molar-refractivity contribution in [3.05, 3.63) is 36.4 Å². The average molecular weight is 362 g/mol. The maximum Gasteiger partial charge on any atom is 0.325 e. The van der Waals surface area contributed by atoms with Crippen molar-refractivity contribution in [2.24, 2.45) is 0 Å². The van der Waals surface area contributed by atoms with Crippen LogP contribution in [0.5, 0.6) is 11.5 Å². The van der Waals surface area contributed by atoms with Gasteiger partial charge in [0.05, 0.1) is 13.7 Å². The third kappa shape index (κ3) is 4.16. The smallest absolute Gasteiger partial charge is 0.325 e. The van der Waals surface area contributed by atoms with Gasteiger partial charge >= 0.3 is 6.03 Å². The van der Waals surface area contributed by atoms with E-state index in [0.717, 1.165) is 10.5 Å². The molecule has 1 aliphatic rings. The van der Waals surface area contributed by atoms with Gasteiger partial charge in [-0.3, -0.25) is 9.69 Å². The molecule has 0 saturated carbocycles. The summed E-state index contributed by atoms with van der Waals surface area (Å²) in [4.78, 5) is 25.4. The number of amides is 3. The molecule has 0 radical (unpaired) electrons. The Morgan fingerprint density at radius 3 is 2.69 bits per heavy atom. The van der Waals surface area contributed by atoms with Crippen LogP contribution in [0.3, 0.4) is 0 Å². The van der Waals surface area contributed by atoms with E-state index >= 15 is 0 Å². The Labute approximate surface area is 153 Å². The van der Waals surface area contributed by atoms with Crippen molar-refractivity contribution in [1.29, 1.82) is 0 Å². The Morgan fingerprint density at radius 2 is 2.12 bits per heavy atom. The number of aliphatic hydroxyl groups excluding tert-OH is 1. The van der Waals surface area contributed by atoms with E-state index in [-0.39, 0.29) is 19.1 Å². The van der Waals surface area contributed by atoms with Crippen molar-refractivity contribution < 1.29 is 24.2 Å². The lowest BCUT2D eigenvalue weighted by molar-refractivity contribution is -0.132. The van der Waals surface area contributed by atoms with Crippen LogP contribution in [0.4, 0.5) is 4.79 Å². The lowest BCUT2D eigenvalue weighted by atomic mass is 9.99. The number of hydrogen-bond donors (Lipinski definition) is 2. The Bertz CT molecular complexity index is 691. The molecule has 7 nitrogen and oxygen atoms in total. The van der Waals surface area contributed by atoms with Crippen LogP contribution in [0.25, 0.3) is 0 Å². The van der Waals surface area contributed by atoms with Gasteiger partial charge in [-0.15, -0.1) is 6.58 Å². The molecule has 0 bridgehead atoms. The number of allylic oxidation sites excluding steroid dienone is 1. The molecule has 1 saturated heterocycles. The van der Waals surface area contributed by atoms with Gasteiger partial charge in [-0.05, 0) is 37.5 Å². The zero-order valence-corrected chi connectivity index (χ0v) is 15.4. The molecule has 3 amide bonds. The highest BCUT2D eigenvalue weighted by molar-refractivity contribution is 6.06. The fourth-order valence-electron chi connectivity index (χ4n) is 2.73. The normalized spacial score (nSPS) is 20.7. The topological polar surface area (TPSA) is 88.1 Å². The molecule has 26 heavy (non-hydrogen) atoms. The minimum Gasteiger partial charge on any atom is -0.493 e. The number of benzene rings is 1. The number of hydrogen-bond acceptors (Lipinski definition) is 5. The molecule has 1 aromatic carbocycles. The van der Waals surface area contributed by atoms with Gasteiger partial charge in [0.1, 0.15) is 18.2 Å². The third-order valence-electron chi connectivity index (χ3n) is 4.48. The predicted molar refractivity (Wildman–Crippen MR) is 97.3 cm³/mol. The van der Waals surface area contributed by atoms with Crippen molar-refractivity contribution in [3.63, 3.8) is 0 Å². The first-order valence-electron chi connectivity index (χ1n) is 8.57. The molecule has 1 aliphatic heterocycles. The molecule has 0 aliphatic carbocycles. The van der Waals surface area contributed by atoms with E-state index < -0.39 is 17.7 Å². The van der Waals surface area contributed by atoms with Crippen LogP contribution in [0, 0.1) is 0 Å². The van der Waals surface area contributed by atoms with Crippen LogP contribution >= 0.6 is 0 Å². The number of nitrogens with one attached hydrogen (secondary N) is 1. The number of ether oxygens (including phenoxy) is 2. The Morgan fingerprint density at radius 1 is 1.38 bits per heavy atom. The van der Waals surface area contributed by atoms with Gasteiger partial charge in [0.25, 0.3) is 5.91 Å². The third-order valence-corrected chi connectivity index (χ3v) is 4.48. The van der Waals surface area contributed by atoms with Crippen molar-refractivity contribution in [2.45, 2.75) is 38.3 Å². The van der Waals surface area contributed by atoms with Crippen LogP contribution in [-0.2, 0) is 11.2 Å². The van der Waals surface area contributed by atoms with E-state index in [9.17, 15) is 14.7 Å². The Kier molecular flexibility index (Phi) is 6.26. The fraction of sp³-hybridized carbons (Fsp3) is 0.474. The van der Waals surface area contributed by atoms with E-state index in [1.54, 1.807) is 19.1 Å². The largest absolute Gasteiger partial charge is 0.493 e. The lowest BCUT2D eigenvalue weighted by Crippen LogP contribution is -2.44. The van der Waals surface area contributed by atoms with Crippen molar-refractivity contribution in [1.82, 2.24) is 10.2 Å². The molecule has 0 spiro atoms. The van der Waals surface area contributed by atoms with Crippen molar-refractivity contribution in [2.75, 3.05) is 20.3 Å². The van der Waals surface area contributed by atoms with Gasteiger partial charge in [-0.25, -0.2) is 4.79 Å². The highest BCUT2D eigenvalue weighted by atomic mass is 16.5. The highest BCUT2D eigenvalue weighted by Gasteiger charge is 2.46. The fourth-order valence-corrected chi connectivity index (χ4v) is 2.73. The van der Waals surface area contributed by atoms with E-state index in [1.165, 1.54) is 7.11 Å². The number of rotatable bonds is 9. The Hall–Kier alpha value is -2.54. The molecule has 0 unspecified atom stereocenters. The standard InChI is InChI=1S/C19H26N2O5/c1-5-7-13-8-9-15(16(10-13)25-4)26-12-14(22)11-21-17(23)19(3,6-2)20-18(21)24/h5,8-10,14,22H,1,6-7,11-12H2,2-4H3,(H,20,24)/t14-,19-/m0/s1. The average Bonchev–Trinajstić information content (AvgIpc) is 2.84. The maximum atomic E-state index is 12.3. The SMILES string of the molecule is C=CCc1ccc(OC[C@@H](O)CN2C(=O)N[C@@](C)(CC)C2=O)c(OC)c1. The van der Waals surface area contributed by atoms with Gasteiger partial charge < -0.3 is 19.9 Å². The Balaban J connectivity index is 1.97. The zero-order valence-electron chi connectivity index (χ0n) is 15.4. The minimum absolute atomic E-state index is 0.0724. The summed E-state index contributed by atoms with van der Waals surface area (Å²) in [6.45, 7) is 7.00. The summed E-state index contributed by atoms with van der Waals surface area (Å²) in [5, 5.41) is 12.9. The van der Waals surface area contributed by atoms with Gasteiger partial charge in [0, 0.05) is 0 Å². The first-order chi connectivity index (χ1) is 12.3. The molecule has 7 heteroatoms. The summed E-state index contributed by atoms with van der Waals surface area (Å²) in [7, 11) is 1.54. The lowest BCUT2D eigenvalue weighted by Gasteiger charge is -2.21. The summed E-state index contributed by atoms with van der Waals surface area (Å²) in [5.74, 6) is 0.690. The van der Waals surface area contributed by atoms with Gasteiger partial charge in [-0.1, -0.05) is 19.1 Å². The van der Waals surface area contributed by atoms with Crippen LogP contribution < -0.4 is 14.8 Å². The molecule has 1 aromatic rings. The van der Waals surface area contributed by atoms with Crippen molar-refractivity contribution >= 4 is 11.9 Å². The van der Waals surface area contributed by atoms with Gasteiger partial charge in [0.15, 0.2) is 11.5 Å². The molecule has 1 heterocycles. The van der Waals surface area contributed by atoms with Crippen LogP contribution in [0.15, 0.2) is 30.9 Å². The summed E-state index contributed by atoms with van der Waals surface area (Å²) in [6.07, 6.45) is 1.97. The molecule has 0 aromatic heterocycles. The minimum atomic E-state index is -1.01. The molecular formula is C19H26N2O5. The van der Waals surface area contributed by atoms with Crippen LogP contribution in [0.2, 0.25) is 0 Å². The molecule has 1 fully saturated rings. The van der Waals surface area contributed by atoms with Gasteiger partial charge in [0.2, 0.25) is 0 Å². The number of β-amino-alcohol motifs (C(OH)–C–C–N with tert-alkyl or cyclic N) is 1.